The highest BCUT2D eigenvalue weighted by Crippen LogP contribution is 2.39. The summed E-state index contributed by atoms with van der Waals surface area (Å²) in [5.74, 6) is -0.534. The summed E-state index contributed by atoms with van der Waals surface area (Å²) in [6, 6.07) is 5.93. The van der Waals surface area contributed by atoms with Crippen LogP contribution in [0.5, 0.6) is 0 Å². The van der Waals surface area contributed by atoms with E-state index in [1.807, 2.05) is 0 Å². The quantitative estimate of drug-likeness (QED) is 0.631. The van der Waals surface area contributed by atoms with Crippen LogP contribution in [0.1, 0.15) is 47.7 Å². The van der Waals surface area contributed by atoms with Crippen molar-refractivity contribution in [3.8, 4) is 0 Å². The van der Waals surface area contributed by atoms with Gasteiger partial charge in [-0.2, -0.15) is 5.10 Å². The van der Waals surface area contributed by atoms with Crippen LogP contribution in [0.25, 0.3) is 0 Å². The molecule has 1 aliphatic rings. The smallest absolute Gasteiger partial charge is 0.372 e. The Kier molecular flexibility index (Phi) is 4.27. The SMILES string of the molecule is Cc1c(C(=O)O)oc2c1/C(=N/Nc1ccc([N+](=O)[O-])cc1)CC(C)(C)C2. The van der Waals surface area contributed by atoms with Gasteiger partial charge in [-0.05, 0) is 30.9 Å². The summed E-state index contributed by atoms with van der Waals surface area (Å²) < 4.78 is 5.58. The van der Waals surface area contributed by atoms with E-state index >= 15 is 0 Å². The monoisotopic (exact) mass is 357 g/mol. The summed E-state index contributed by atoms with van der Waals surface area (Å²) in [5, 5.41) is 24.5. The molecule has 2 aromatic rings. The highest BCUT2D eigenvalue weighted by atomic mass is 16.6. The van der Waals surface area contributed by atoms with Gasteiger partial charge < -0.3 is 9.52 Å². The van der Waals surface area contributed by atoms with Crippen molar-refractivity contribution in [2.24, 2.45) is 10.5 Å². The molecule has 0 saturated heterocycles. The second-order valence-corrected chi connectivity index (χ2v) is 7.15. The van der Waals surface area contributed by atoms with E-state index in [1.54, 1.807) is 19.1 Å². The lowest BCUT2D eigenvalue weighted by Gasteiger charge is -2.29. The van der Waals surface area contributed by atoms with E-state index in [4.69, 9.17) is 4.42 Å². The van der Waals surface area contributed by atoms with E-state index in [0.717, 1.165) is 5.56 Å². The first kappa shape index (κ1) is 17.7. The third kappa shape index (κ3) is 3.30. The number of hydrogen-bond donors (Lipinski definition) is 2. The Morgan fingerprint density at radius 1 is 1.31 bits per heavy atom. The molecule has 1 aromatic heterocycles. The van der Waals surface area contributed by atoms with Crippen molar-refractivity contribution in [2.45, 2.75) is 33.6 Å². The van der Waals surface area contributed by atoms with Crippen molar-refractivity contribution in [3.05, 3.63) is 57.0 Å². The molecule has 8 heteroatoms. The van der Waals surface area contributed by atoms with Crippen molar-refractivity contribution >= 4 is 23.1 Å². The van der Waals surface area contributed by atoms with E-state index in [2.05, 4.69) is 24.4 Å². The number of nitrogens with one attached hydrogen (secondary N) is 1. The second-order valence-electron chi connectivity index (χ2n) is 7.15. The molecule has 0 atom stereocenters. The zero-order valence-electron chi connectivity index (χ0n) is 14.7. The van der Waals surface area contributed by atoms with Crippen LogP contribution >= 0.6 is 0 Å². The maximum atomic E-state index is 11.4. The number of hydrogen-bond acceptors (Lipinski definition) is 6. The van der Waals surface area contributed by atoms with Crippen LogP contribution in [0.15, 0.2) is 33.8 Å². The summed E-state index contributed by atoms with van der Waals surface area (Å²) in [6.45, 7) is 5.84. The molecule has 1 heterocycles. The van der Waals surface area contributed by atoms with E-state index in [-0.39, 0.29) is 16.9 Å². The lowest BCUT2D eigenvalue weighted by molar-refractivity contribution is -0.384. The molecule has 3 rings (SSSR count). The minimum atomic E-state index is -1.10. The number of nitrogens with zero attached hydrogens (tertiary/aromatic N) is 2. The molecule has 0 fully saturated rings. The van der Waals surface area contributed by atoms with Gasteiger partial charge in [0, 0.05) is 29.7 Å². The third-order valence-electron chi connectivity index (χ3n) is 4.39. The number of aromatic carboxylic acids is 1. The fourth-order valence-electron chi connectivity index (χ4n) is 3.20. The summed E-state index contributed by atoms with van der Waals surface area (Å²) >= 11 is 0. The van der Waals surface area contributed by atoms with Crippen LogP contribution in [-0.2, 0) is 6.42 Å². The number of nitro groups is 1. The van der Waals surface area contributed by atoms with Gasteiger partial charge in [0.25, 0.3) is 5.69 Å². The largest absolute Gasteiger partial charge is 0.475 e. The first-order valence-electron chi connectivity index (χ1n) is 8.11. The molecule has 0 bridgehead atoms. The molecule has 0 saturated carbocycles. The van der Waals surface area contributed by atoms with Crippen LogP contribution in [0.3, 0.4) is 0 Å². The molecular formula is C18H19N3O5. The normalized spacial score (nSPS) is 17.0. The Morgan fingerprint density at radius 2 is 1.96 bits per heavy atom. The molecule has 1 aromatic carbocycles. The second kappa shape index (κ2) is 6.29. The predicted molar refractivity (Wildman–Crippen MR) is 95.8 cm³/mol. The van der Waals surface area contributed by atoms with Gasteiger partial charge in [-0.25, -0.2) is 4.79 Å². The lowest BCUT2D eigenvalue weighted by Crippen LogP contribution is -2.27. The Bertz CT molecular complexity index is 910. The van der Waals surface area contributed by atoms with Gasteiger partial charge in [0.2, 0.25) is 5.76 Å². The van der Waals surface area contributed by atoms with E-state index in [9.17, 15) is 20.0 Å². The summed E-state index contributed by atoms with van der Waals surface area (Å²) in [5.41, 5.74) is 5.39. The van der Waals surface area contributed by atoms with Crippen LogP contribution in [0.4, 0.5) is 11.4 Å². The molecule has 2 N–H and O–H groups in total. The molecular weight excluding hydrogens is 338 g/mol. The Balaban J connectivity index is 1.95. The number of nitro benzene ring substituents is 1. The highest BCUT2D eigenvalue weighted by molar-refractivity contribution is 6.06. The van der Waals surface area contributed by atoms with Crippen LogP contribution < -0.4 is 5.43 Å². The number of carboxylic acids is 1. The first-order valence-corrected chi connectivity index (χ1v) is 8.11. The number of non-ortho nitro benzene ring substituents is 1. The summed E-state index contributed by atoms with van der Waals surface area (Å²) in [4.78, 5) is 21.6. The van der Waals surface area contributed by atoms with Crippen LogP contribution in [0.2, 0.25) is 0 Å². The standard InChI is InChI=1S/C18H19N3O5/c1-10-15-13(20-19-11-4-6-12(7-5-11)21(24)25)8-18(2,3)9-14(15)26-16(10)17(22)23/h4-7,19H,8-9H2,1-3H3,(H,22,23)/b20-13+. The third-order valence-corrected chi connectivity index (χ3v) is 4.39. The number of anilines is 1. The average Bonchev–Trinajstić information content (AvgIpc) is 2.88. The minimum absolute atomic E-state index is 0.000989. The number of hydrazone groups is 1. The van der Waals surface area contributed by atoms with Gasteiger partial charge in [-0.3, -0.25) is 15.5 Å². The fraction of sp³-hybridized carbons (Fsp3) is 0.333. The highest BCUT2D eigenvalue weighted by Gasteiger charge is 2.36. The number of rotatable bonds is 4. The van der Waals surface area contributed by atoms with Crippen LogP contribution in [-0.4, -0.2) is 21.7 Å². The maximum absolute atomic E-state index is 11.4. The molecule has 0 spiro atoms. The van der Waals surface area contributed by atoms with Crippen molar-refractivity contribution in [3.63, 3.8) is 0 Å². The van der Waals surface area contributed by atoms with Crippen molar-refractivity contribution in [2.75, 3.05) is 5.43 Å². The number of fused-ring (bicyclic) bond motifs is 1. The lowest BCUT2D eigenvalue weighted by atomic mass is 9.75. The van der Waals surface area contributed by atoms with Crippen molar-refractivity contribution in [1.82, 2.24) is 0 Å². The Labute approximate surface area is 149 Å². The Hall–Kier alpha value is -3.16. The number of carbonyl (C=O) groups is 1. The molecule has 0 radical (unpaired) electrons. The van der Waals surface area contributed by atoms with Gasteiger partial charge in [-0.1, -0.05) is 13.8 Å². The first-order chi connectivity index (χ1) is 12.2. The van der Waals surface area contributed by atoms with Crippen LogP contribution in [0, 0.1) is 22.5 Å². The van der Waals surface area contributed by atoms with E-state index in [0.29, 0.717) is 35.6 Å². The number of benzene rings is 1. The maximum Gasteiger partial charge on any atom is 0.372 e. The van der Waals surface area contributed by atoms with Crippen molar-refractivity contribution in [1.29, 1.82) is 0 Å². The topological polar surface area (TPSA) is 118 Å². The molecule has 0 unspecified atom stereocenters. The minimum Gasteiger partial charge on any atom is -0.475 e. The predicted octanol–water partition coefficient (Wildman–Crippen LogP) is 3.98. The zero-order chi connectivity index (χ0) is 19.1. The fourth-order valence-corrected chi connectivity index (χ4v) is 3.20. The van der Waals surface area contributed by atoms with Gasteiger partial charge in [-0.15, -0.1) is 0 Å². The Morgan fingerprint density at radius 3 is 2.54 bits per heavy atom. The van der Waals surface area contributed by atoms with Crippen molar-refractivity contribution < 1.29 is 19.2 Å². The number of furan rings is 1. The van der Waals surface area contributed by atoms with E-state index in [1.165, 1.54) is 12.1 Å². The van der Waals surface area contributed by atoms with Gasteiger partial charge >= 0.3 is 5.97 Å². The van der Waals surface area contributed by atoms with Gasteiger partial charge in [0.05, 0.1) is 16.3 Å². The molecule has 0 amide bonds. The average molecular weight is 357 g/mol. The zero-order valence-corrected chi connectivity index (χ0v) is 14.7. The molecule has 26 heavy (non-hydrogen) atoms. The summed E-state index contributed by atoms with van der Waals surface area (Å²) in [6.07, 6.45) is 1.28. The molecule has 136 valence electrons. The summed E-state index contributed by atoms with van der Waals surface area (Å²) in [7, 11) is 0. The van der Waals surface area contributed by atoms with Gasteiger partial charge in [0.1, 0.15) is 5.76 Å². The number of carboxylic acid groups (broad SMARTS) is 1. The molecule has 0 aliphatic heterocycles. The van der Waals surface area contributed by atoms with E-state index < -0.39 is 10.9 Å². The van der Waals surface area contributed by atoms with Gasteiger partial charge in [0.15, 0.2) is 0 Å². The molecule has 1 aliphatic carbocycles. The molecule has 8 nitrogen and oxygen atoms in total.